The number of carbonyl (C=O) groups is 2. The Morgan fingerprint density at radius 3 is 2.37 bits per heavy atom. The molecule has 0 bridgehead atoms. The van der Waals surface area contributed by atoms with Crippen LogP contribution in [0.25, 0.3) is 0 Å². The van der Waals surface area contributed by atoms with E-state index < -0.39 is 6.04 Å². The zero-order chi connectivity index (χ0) is 24.6. The SMILES string of the molecule is COc1ccc(C(C(=O)NC2CCCCC2)N(Cc2ccccc2OC)C(=O)c2cccs2)cc1. The lowest BCUT2D eigenvalue weighted by atomic mass is 9.94. The lowest BCUT2D eigenvalue weighted by molar-refractivity contribution is -0.127. The van der Waals surface area contributed by atoms with Crippen molar-refractivity contribution in [3.05, 3.63) is 82.0 Å². The van der Waals surface area contributed by atoms with Crippen molar-refractivity contribution in [1.82, 2.24) is 10.2 Å². The van der Waals surface area contributed by atoms with E-state index in [1.165, 1.54) is 17.8 Å². The molecule has 0 aliphatic heterocycles. The molecule has 35 heavy (non-hydrogen) atoms. The predicted octanol–water partition coefficient (Wildman–Crippen LogP) is 5.60. The maximum absolute atomic E-state index is 13.9. The topological polar surface area (TPSA) is 67.9 Å². The Morgan fingerprint density at radius 1 is 0.971 bits per heavy atom. The van der Waals surface area contributed by atoms with E-state index in [9.17, 15) is 9.59 Å². The molecule has 4 rings (SSSR count). The highest BCUT2D eigenvalue weighted by atomic mass is 32.1. The summed E-state index contributed by atoms with van der Waals surface area (Å²) in [7, 11) is 3.22. The Morgan fingerprint density at radius 2 is 1.71 bits per heavy atom. The first-order chi connectivity index (χ1) is 17.1. The van der Waals surface area contributed by atoms with E-state index in [0.717, 1.165) is 36.8 Å². The molecule has 0 saturated heterocycles. The average molecular weight is 493 g/mol. The van der Waals surface area contributed by atoms with Crippen LogP contribution in [0.5, 0.6) is 11.5 Å². The highest BCUT2D eigenvalue weighted by molar-refractivity contribution is 7.12. The predicted molar refractivity (Wildman–Crippen MR) is 138 cm³/mol. The molecule has 6 nitrogen and oxygen atoms in total. The standard InChI is InChI=1S/C28H32N2O4S/c1-33-23-16-14-20(15-17-23)26(27(31)29-22-10-4-3-5-11-22)30(28(32)25-13-8-18-35-25)19-21-9-6-7-12-24(21)34-2/h6-9,12-18,22,26H,3-5,10-11,19H2,1-2H3,(H,29,31). The first-order valence-corrected chi connectivity index (χ1v) is 12.9. The highest BCUT2D eigenvalue weighted by Gasteiger charge is 2.34. The number of nitrogens with zero attached hydrogens (tertiary/aromatic N) is 1. The molecule has 1 aliphatic rings. The van der Waals surface area contributed by atoms with Crippen LogP contribution in [0.3, 0.4) is 0 Å². The zero-order valence-electron chi connectivity index (χ0n) is 20.2. The number of amides is 2. The van der Waals surface area contributed by atoms with Crippen LogP contribution in [0.2, 0.25) is 0 Å². The van der Waals surface area contributed by atoms with Crippen LogP contribution >= 0.6 is 11.3 Å². The van der Waals surface area contributed by atoms with Crippen molar-refractivity contribution in [2.24, 2.45) is 0 Å². The fourth-order valence-electron chi connectivity index (χ4n) is 4.63. The van der Waals surface area contributed by atoms with Crippen LogP contribution in [0.1, 0.15) is 58.9 Å². The summed E-state index contributed by atoms with van der Waals surface area (Å²) in [6, 6.07) is 18.0. The number of nitrogens with one attached hydrogen (secondary N) is 1. The van der Waals surface area contributed by atoms with Crippen molar-refractivity contribution in [3.8, 4) is 11.5 Å². The molecule has 1 N–H and O–H groups in total. The molecule has 7 heteroatoms. The van der Waals surface area contributed by atoms with Crippen molar-refractivity contribution < 1.29 is 19.1 Å². The molecule has 1 aliphatic carbocycles. The van der Waals surface area contributed by atoms with E-state index in [0.29, 0.717) is 16.4 Å². The number of carbonyl (C=O) groups excluding carboxylic acids is 2. The van der Waals surface area contributed by atoms with Gasteiger partial charge in [-0.2, -0.15) is 0 Å². The summed E-state index contributed by atoms with van der Waals surface area (Å²) in [5.41, 5.74) is 1.57. The van der Waals surface area contributed by atoms with Crippen molar-refractivity contribution in [2.45, 2.75) is 50.7 Å². The van der Waals surface area contributed by atoms with Gasteiger partial charge in [-0.25, -0.2) is 0 Å². The van der Waals surface area contributed by atoms with E-state index in [1.807, 2.05) is 60.0 Å². The van der Waals surface area contributed by atoms with Gasteiger partial charge in [0.2, 0.25) is 5.91 Å². The second kappa shape index (κ2) is 11.9. The van der Waals surface area contributed by atoms with Gasteiger partial charge in [0, 0.05) is 11.6 Å². The third kappa shape index (κ3) is 6.03. The maximum atomic E-state index is 13.9. The minimum Gasteiger partial charge on any atom is -0.497 e. The molecule has 1 heterocycles. The highest BCUT2D eigenvalue weighted by Crippen LogP contribution is 2.31. The molecule has 184 valence electrons. The van der Waals surface area contributed by atoms with Gasteiger partial charge in [-0.1, -0.05) is 55.7 Å². The summed E-state index contributed by atoms with van der Waals surface area (Å²) in [6.07, 6.45) is 5.35. The number of methoxy groups -OCH3 is 2. The summed E-state index contributed by atoms with van der Waals surface area (Å²) in [5.74, 6) is 1.02. The Hall–Kier alpha value is -3.32. The molecular formula is C28H32N2O4S. The Balaban J connectivity index is 1.75. The number of hydrogen-bond acceptors (Lipinski definition) is 5. The summed E-state index contributed by atoms with van der Waals surface area (Å²) >= 11 is 1.37. The van der Waals surface area contributed by atoms with Crippen LogP contribution < -0.4 is 14.8 Å². The van der Waals surface area contributed by atoms with Gasteiger partial charge in [0.1, 0.15) is 17.5 Å². The van der Waals surface area contributed by atoms with Gasteiger partial charge in [-0.3, -0.25) is 9.59 Å². The number of hydrogen-bond donors (Lipinski definition) is 1. The molecule has 1 atom stereocenters. The van der Waals surface area contributed by atoms with Crippen LogP contribution in [0, 0.1) is 0 Å². The third-order valence-corrected chi connectivity index (χ3v) is 7.33. The molecule has 1 saturated carbocycles. The molecule has 0 radical (unpaired) electrons. The van der Waals surface area contributed by atoms with Gasteiger partial charge >= 0.3 is 0 Å². The van der Waals surface area contributed by atoms with Crippen LogP contribution in [0.15, 0.2) is 66.0 Å². The van der Waals surface area contributed by atoms with Crippen LogP contribution in [-0.4, -0.2) is 37.0 Å². The average Bonchev–Trinajstić information content (AvgIpc) is 3.44. The van der Waals surface area contributed by atoms with Crippen molar-refractivity contribution in [1.29, 1.82) is 0 Å². The summed E-state index contributed by atoms with van der Waals surface area (Å²) in [6.45, 7) is 0.232. The van der Waals surface area contributed by atoms with Gasteiger partial charge in [0.05, 0.1) is 25.6 Å². The van der Waals surface area contributed by atoms with Gasteiger partial charge < -0.3 is 19.7 Å². The minimum absolute atomic E-state index is 0.127. The minimum atomic E-state index is -0.803. The number of ether oxygens (including phenoxy) is 2. The second-order valence-electron chi connectivity index (χ2n) is 8.74. The van der Waals surface area contributed by atoms with E-state index in [1.54, 1.807) is 25.2 Å². The van der Waals surface area contributed by atoms with Gasteiger partial charge in [0.15, 0.2) is 0 Å². The Bertz CT molecular complexity index is 1110. The van der Waals surface area contributed by atoms with Crippen LogP contribution in [0.4, 0.5) is 0 Å². The fraction of sp³-hybridized carbons (Fsp3) is 0.357. The first-order valence-electron chi connectivity index (χ1n) is 12.0. The number of para-hydroxylation sites is 1. The second-order valence-corrected chi connectivity index (χ2v) is 9.69. The summed E-state index contributed by atoms with van der Waals surface area (Å²) < 4.78 is 10.9. The van der Waals surface area contributed by atoms with E-state index in [4.69, 9.17) is 9.47 Å². The smallest absolute Gasteiger partial charge is 0.265 e. The largest absolute Gasteiger partial charge is 0.497 e. The third-order valence-electron chi connectivity index (χ3n) is 6.47. The molecule has 1 fully saturated rings. The monoisotopic (exact) mass is 492 g/mol. The van der Waals surface area contributed by atoms with E-state index in [2.05, 4.69) is 5.32 Å². The fourth-order valence-corrected chi connectivity index (χ4v) is 5.30. The molecule has 2 amide bonds. The maximum Gasteiger partial charge on any atom is 0.265 e. The molecule has 0 spiro atoms. The Kier molecular flexibility index (Phi) is 8.42. The molecular weight excluding hydrogens is 460 g/mol. The quantitative estimate of drug-likeness (QED) is 0.422. The van der Waals surface area contributed by atoms with E-state index in [-0.39, 0.29) is 24.4 Å². The molecule has 3 aromatic rings. The molecule has 1 aromatic heterocycles. The zero-order valence-corrected chi connectivity index (χ0v) is 21.1. The molecule has 2 aromatic carbocycles. The number of thiophene rings is 1. The van der Waals surface area contributed by atoms with Gasteiger partial charge in [-0.05, 0) is 48.1 Å². The van der Waals surface area contributed by atoms with Crippen molar-refractivity contribution >= 4 is 23.2 Å². The lowest BCUT2D eigenvalue weighted by Gasteiger charge is -2.33. The first kappa shape index (κ1) is 24.8. The lowest BCUT2D eigenvalue weighted by Crippen LogP contribution is -2.46. The van der Waals surface area contributed by atoms with Gasteiger partial charge in [0.25, 0.3) is 5.91 Å². The Labute approximate surface area is 210 Å². The normalized spacial score (nSPS) is 14.7. The van der Waals surface area contributed by atoms with E-state index >= 15 is 0 Å². The van der Waals surface area contributed by atoms with Crippen molar-refractivity contribution in [3.63, 3.8) is 0 Å². The van der Waals surface area contributed by atoms with Crippen molar-refractivity contribution in [2.75, 3.05) is 14.2 Å². The van der Waals surface area contributed by atoms with Crippen LogP contribution in [-0.2, 0) is 11.3 Å². The molecule has 1 unspecified atom stereocenters. The summed E-state index contributed by atoms with van der Waals surface area (Å²) in [4.78, 5) is 29.9. The summed E-state index contributed by atoms with van der Waals surface area (Å²) in [5, 5.41) is 5.12. The number of rotatable bonds is 9. The number of benzene rings is 2. The van der Waals surface area contributed by atoms with Gasteiger partial charge in [-0.15, -0.1) is 11.3 Å².